The highest BCUT2D eigenvalue weighted by molar-refractivity contribution is 7.54. The summed E-state index contributed by atoms with van der Waals surface area (Å²) in [5, 5.41) is 0. The third-order valence-electron chi connectivity index (χ3n) is 4.61. The molecule has 2 aromatic rings. The molecule has 2 aromatic carbocycles. The molecule has 0 aliphatic rings. The fraction of sp³-hybridized carbons (Fsp3) is 0.478. The van der Waals surface area contributed by atoms with E-state index in [2.05, 4.69) is 45.9 Å². The molecule has 0 spiro atoms. The Morgan fingerprint density at radius 1 is 0.852 bits per heavy atom. The average Bonchev–Trinajstić information content (AvgIpc) is 2.56. The lowest BCUT2D eigenvalue weighted by atomic mass is 9.84. The minimum atomic E-state index is -3.38. The summed E-state index contributed by atoms with van der Waals surface area (Å²) in [6, 6.07) is 14.6. The van der Waals surface area contributed by atoms with Crippen molar-refractivity contribution in [3.63, 3.8) is 0 Å². The molecule has 0 amide bonds. The molecule has 0 aromatic heterocycles. The highest BCUT2D eigenvalue weighted by Crippen LogP contribution is 2.63. The van der Waals surface area contributed by atoms with Gasteiger partial charge in [-0.1, -0.05) is 74.4 Å². The van der Waals surface area contributed by atoms with Crippen LogP contribution >= 0.6 is 7.60 Å². The molecule has 0 heterocycles. The second kappa shape index (κ2) is 8.73. The van der Waals surface area contributed by atoms with Gasteiger partial charge in [0.2, 0.25) is 0 Å². The molecule has 0 N–H and O–H groups in total. The highest BCUT2D eigenvalue weighted by Gasteiger charge is 2.38. The molecule has 0 bridgehead atoms. The Hall–Kier alpha value is -1.41. The van der Waals surface area contributed by atoms with Gasteiger partial charge in [0.25, 0.3) is 0 Å². The van der Waals surface area contributed by atoms with E-state index in [1.165, 1.54) is 11.1 Å². The lowest BCUT2D eigenvalue weighted by Gasteiger charge is -2.29. The second-order valence-corrected chi connectivity index (χ2v) is 10.2. The Balaban J connectivity index is 2.71. The van der Waals surface area contributed by atoms with Crippen molar-refractivity contribution >= 4 is 7.60 Å². The Morgan fingerprint density at radius 2 is 1.41 bits per heavy atom. The monoisotopic (exact) mass is 388 g/mol. The van der Waals surface area contributed by atoms with Gasteiger partial charge in [-0.3, -0.25) is 4.57 Å². The SMILES string of the molecule is CCOP(=O)(OCC)C(c1ccc(C)cc1)c1cc(C)cc(C(C)(C)C)c1. The summed E-state index contributed by atoms with van der Waals surface area (Å²) in [4.78, 5) is 0. The Labute approximate surface area is 164 Å². The molecule has 148 valence electrons. The van der Waals surface area contributed by atoms with Gasteiger partial charge in [0.05, 0.1) is 13.2 Å². The number of benzene rings is 2. The first kappa shape index (κ1) is 21.9. The van der Waals surface area contributed by atoms with Crippen LogP contribution in [0.4, 0.5) is 0 Å². The second-order valence-electron chi connectivity index (χ2n) is 8.07. The largest absolute Gasteiger partial charge is 0.342 e. The Bertz CT molecular complexity index is 793. The van der Waals surface area contributed by atoms with E-state index >= 15 is 0 Å². The van der Waals surface area contributed by atoms with Crippen LogP contribution in [0.2, 0.25) is 0 Å². The van der Waals surface area contributed by atoms with E-state index in [1.807, 2.05) is 45.0 Å². The van der Waals surface area contributed by atoms with E-state index in [9.17, 15) is 4.57 Å². The smallest absolute Gasteiger partial charge is 0.308 e. The van der Waals surface area contributed by atoms with Gasteiger partial charge in [-0.25, -0.2) is 0 Å². The topological polar surface area (TPSA) is 35.5 Å². The summed E-state index contributed by atoms with van der Waals surface area (Å²) in [7, 11) is -3.38. The maximum absolute atomic E-state index is 13.8. The van der Waals surface area contributed by atoms with Crippen LogP contribution < -0.4 is 0 Å². The number of hydrogen-bond donors (Lipinski definition) is 0. The third kappa shape index (κ3) is 5.31. The zero-order valence-corrected chi connectivity index (χ0v) is 18.6. The first-order chi connectivity index (χ1) is 12.6. The van der Waals surface area contributed by atoms with Gasteiger partial charge in [-0.15, -0.1) is 0 Å². The first-order valence-corrected chi connectivity index (χ1v) is 11.3. The van der Waals surface area contributed by atoms with Gasteiger partial charge in [0.15, 0.2) is 0 Å². The van der Waals surface area contributed by atoms with E-state index in [4.69, 9.17) is 9.05 Å². The number of aryl methyl sites for hydroxylation is 2. The van der Waals surface area contributed by atoms with Crippen molar-refractivity contribution < 1.29 is 13.6 Å². The summed E-state index contributed by atoms with van der Waals surface area (Å²) in [5.41, 5.74) is 5.02. The molecule has 0 radical (unpaired) electrons. The van der Waals surface area contributed by atoms with Crippen LogP contribution in [0, 0.1) is 13.8 Å². The van der Waals surface area contributed by atoms with E-state index in [0.717, 1.165) is 16.7 Å². The van der Waals surface area contributed by atoms with Crippen molar-refractivity contribution in [1.82, 2.24) is 0 Å². The molecule has 0 fully saturated rings. The molecule has 0 aliphatic carbocycles. The van der Waals surface area contributed by atoms with Crippen molar-refractivity contribution in [3.8, 4) is 0 Å². The number of hydrogen-bond acceptors (Lipinski definition) is 3. The van der Waals surface area contributed by atoms with E-state index in [0.29, 0.717) is 13.2 Å². The van der Waals surface area contributed by atoms with E-state index in [1.54, 1.807) is 0 Å². The van der Waals surface area contributed by atoms with E-state index < -0.39 is 13.3 Å². The Morgan fingerprint density at radius 3 is 1.89 bits per heavy atom. The zero-order valence-electron chi connectivity index (χ0n) is 17.7. The van der Waals surface area contributed by atoms with Crippen molar-refractivity contribution in [2.24, 2.45) is 0 Å². The molecule has 27 heavy (non-hydrogen) atoms. The summed E-state index contributed by atoms with van der Waals surface area (Å²) in [5.74, 6) is 0. The predicted octanol–water partition coefficient (Wildman–Crippen LogP) is 6.96. The molecular weight excluding hydrogens is 355 g/mol. The van der Waals surface area contributed by atoms with Crippen LogP contribution in [0.5, 0.6) is 0 Å². The predicted molar refractivity (Wildman–Crippen MR) is 114 cm³/mol. The van der Waals surface area contributed by atoms with Crippen LogP contribution in [0.3, 0.4) is 0 Å². The lowest BCUT2D eigenvalue weighted by molar-refractivity contribution is 0.215. The summed E-state index contributed by atoms with van der Waals surface area (Å²) in [6.07, 6.45) is 0. The normalized spacial score (nSPS) is 13.6. The molecule has 0 aliphatic heterocycles. The average molecular weight is 388 g/mol. The standard InChI is InChI=1S/C23H33O3P/c1-8-25-27(24,26-9-2)22(19-12-10-17(3)11-13-19)20-14-18(4)15-21(16-20)23(5,6)7/h10-16,22H,8-9H2,1-7H3. The summed E-state index contributed by atoms with van der Waals surface area (Å²) >= 11 is 0. The number of rotatable bonds is 7. The fourth-order valence-corrected chi connectivity index (χ4v) is 5.40. The summed E-state index contributed by atoms with van der Waals surface area (Å²) in [6.45, 7) is 15.1. The molecule has 0 saturated carbocycles. The van der Waals surface area contributed by atoms with Crippen molar-refractivity contribution in [2.75, 3.05) is 13.2 Å². The van der Waals surface area contributed by atoms with Crippen LogP contribution in [-0.4, -0.2) is 13.2 Å². The molecule has 3 nitrogen and oxygen atoms in total. The Kier molecular flexibility index (Phi) is 7.08. The van der Waals surface area contributed by atoms with Crippen LogP contribution in [0.15, 0.2) is 42.5 Å². The van der Waals surface area contributed by atoms with Crippen LogP contribution in [0.25, 0.3) is 0 Å². The first-order valence-electron chi connectivity index (χ1n) is 9.68. The molecular formula is C23H33O3P. The highest BCUT2D eigenvalue weighted by atomic mass is 31.2. The van der Waals surface area contributed by atoms with Gasteiger partial charge in [-0.05, 0) is 49.8 Å². The maximum atomic E-state index is 13.8. The quantitative estimate of drug-likeness (QED) is 0.481. The fourth-order valence-electron chi connectivity index (χ4n) is 3.26. The third-order valence-corrected chi connectivity index (χ3v) is 7.07. The van der Waals surface area contributed by atoms with Gasteiger partial charge in [-0.2, -0.15) is 0 Å². The van der Waals surface area contributed by atoms with Crippen molar-refractivity contribution in [3.05, 3.63) is 70.3 Å². The van der Waals surface area contributed by atoms with Gasteiger partial charge < -0.3 is 9.05 Å². The minimum absolute atomic E-state index is 0.000187. The van der Waals surface area contributed by atoms with Gasteiger partial charge in [0, 0.05) is 0 Å². The van der Waals surface area contributed by atoms with Crippen LogP contribution in [0.1, 0.15) is 68.1 Å². The molecule has 1 unspecified atom stereocenters. The van der Waals surface area contributed by atoms with E-state index in [-0.39, 0.29) is 5.41 Å². The molecule has 0 saturated heterocycles. The summed E-state index contributed by atoms with van der Waals surface area (Å²) < 4.78 is 25.4. The molecule has 4 heteroatoms. The maximum Gasteiger partial charge on any atom is 0.342 e. The van der Waals surface area contributed by atoms with Crippen molar-refractivity contribution in [2.45, 2.75) is 59.5 Å². The van der Waals surface area contributed by atoms with Crippen molar-refractivity contribution in [1.29, 1.82) is 0 Å². The van der Waals surface area contributed by atoms with Gasteiger partial charge >= 0.3 is 7.60 Å². The molecule has 2 rings (SSSR count). The van der Waals surface area contributed by atoms with Gasteiger partial charge in [0.1, 0.15) is 5.66 Å². The molecule has 1 atom stereocenters. The zero-order chi connectivity index (χ0) is 20.2. The lowest BCUT2D eigenvalue weighted by Crippen LogP contribution is -2.14. The van der Waals surface area contributed by atoms with Crippen LogP contribution in [-0.2, 0) is 19.0 Å². The minimum Gasteiger partial charge on any atom is -0.308 e.